The quantitative estimate of drug-likeness (QED) is 0.722. The summed E-state index contributed by atoms with van der Waals surface area (Å²) < 4.78 is 42.6. The van der Waals surface area contributed by atoms with Crippen molar-refractivity contribution in [3.63, 3.8) is 0 Å². The molecule has 0 spiro atoms. The highest BCUT2D eigenvalue weighted by atomic mass is 79.9. The second-order valence-corrected chi connectivity index (χ2v) is 8.21. The summed E-state index contributed by atoms with van der Waals surface area (Å²) >= 11 is 3.33. The number of rotatable bonds is 6. The van der Waals surface area contributed by atoms with Gasteiger partial charge in [-0.25, -0.2) is 12.8 Å². The van der Waals surface area contributed by atoms with Crippen LogP contribution >= 0.6 is 15.9 Å². The van der Waals surface area contributed by atoms with Crippen LogP contribution in [-0.2, 0) is 16.6 Å². The van der Waals surface area contributed by atoms with Gasteiger partial charge in [0.2, 0.25) is 10.0 Å². The molecule has 1 aromatic heterocycles. The summed E-state index contributed by atoms with van der Waals surface area (Å²) in [5.74, 6) is -0.330. The number of aryl methyl sites for hydroxylation is 1. The predicted molar refractivity (Wildman–Crippen MR) is 95.0 cm³/mol. The molecule has 0 unspecified atom stereocenters. The average Bonchev–Trinajstić information content (AvgIpc) is 2.77. The molecule has 1 aromatic carbocycles. The van der Waals surface area contributed by atoms with E-state index in [4.69, 9.17) is 0 Å². The third-order valence-corrected chi connectivity index (χ3v) is 6.99. The maximum absolute atomic E-state index is 13.2. The Morgan fingerprint density at radius 2 is 1.88 bits per heavy atom. The summed E-state index contributed by atoms with van der Waals surface area (Å²) in [4.78, 5) is 0.254. The molecule has 2 rings (SSSR count). The van der Waals surface area contributed by atoms with Crippen molar-refractivity contribution >= 4 is 26.0 Å². The van der Waals surface area contributed by atoms with Crippen molar-refractivity contribution in [3.05, 3.63) is 45.4 Å². The largest absolute Gasteiger partial charge is 0.264 e. The minimum Gasteiger partial charge on any atom is -0.264 e. The maximum Gasteiger partial charge on any atom is 0.246 e. The minimum absolute atomic E-state index is 0.254. The number of aromatic nitrogens is 2. The highest BCUT2D eigenvalue weighted by Crippen LogP contribution is 2.25. The van der Waals surface area contributed by atoms with Gasteiger partial charge in [-0.2, -0.15) is 9.40 Å². The van der Waals surface area contributed by atoms with Crippen molar-refractivity contribution < 1.29 is 12.8 Å². The van der Waals surface area contributed by atoms with Crippen LogP contribution in [0.1, 0.15) is 30.8 Å². The smallest absolute Gasteiger partial charge is 0.246 e. The number of hydrogen-bond donors (Lipinski definition) is 0. The van der Waals surface area contributed by atoms with Crippen LogP contribution in [-0.4, -0.2) is 35.6 Å². The zero-order valence-corrected chi connectivity index (χ0v) is 16.6. The maximum atomic E-state index is 13.2. The Kier molecular flexibility index (Phi) is 5.83. The molecule has 24 heavy (non-hydrogen) atoms. The lowest BCUT2D eigenvalue weighted by molar-refractivity contribution is 0.444. The van der Waals surface area contributed by atoms with E-state index in [0.29, 0.717) is 35.5 Å². The number of benzene rings is 1. The molecule has 0 radical (unpaired) electrons. The summed E-state index contributed by atoms with van der Waals surface area (Å²) in [6.07, 6.45) is 0. The molecule has 1 heterocycles. The van der Waals surface area contributed by atoms with Crippen molar-refractivity contribution in [1.82, 2.24) is 14.1 Å². The monoisotopic (exact) mass is 417 g/mol. The highest BCUT2D eigenvalue weighted by molar-refractivity contribution is 9.10. The first kappa shape index (κ1) is 19.1. The SMILES string of the molecule is CCN(CC)S(=O)(=O)c1c(C)nn(Cc2ccc(F)cc2Br)c1C. The topological polar surface area (TPSA) is 55.2 Å². The normalized spacial score (nSPS) is 12.1. The first-order valence-electron chi connectivity index (χ1n) is 7.70. The second-order valence-electron chi connectivity index (χ2n) is 5.48. The zero-order valence-electron chi connectivity index (χ0n) is 14.2. The standard InChI is InChI=1S/C16H21BrFN3O2S/c1-5-20(6-2)24(22,23)16-11(3)19-21(12(16)4)10-13-7-8-14(18)9-15(13)17/h7-9H,5-6,10H2,1-4H3. The van der Waals surface area contributed by atoms with Crippen molar-refractivity contribution in [2.45, 2.75) is 39.1 Å². The van der Waals surface area contributed by atoms with Gasteiger partial charge in [-0.1, -0.05) is 35.8 Å². The van der Waals surface area contributed by atoms with E-state index >= 15 is 0 Å². The van der Waals surface area contributed by atoms with Crippen LogP contribution in [0.3, 0.4) is 0 Å². The van der Waals surface area contributed by atoms with Crippen molar-refractivity contribution in [2.75, 3.05) is 13.1 Å². The van der Waals surface area contributed by atoms with E-state index in [0.717, 1.165) is 5.56 Å². The van der Waals surface area contributed by atoms with Crippen molar-refractivity contribution in [2.24, 2.45) is 0 Å². The number of sulfonamides is 1. The van der Waals surface area contributed by atoms with E-state index in [1.54, 1.807) is 24.6 Å². The Labute approximate surface area is 150 Å². The van der Waals surface area contributed by atoms with E-state index < -0.39 is 10.0 Å². The van der Waals surface area contributed by atoms with Crippen LogP contribution in [0.4, 0.5) is 4.39 Å². The van der Waals surface area contributed by atoms with Gasteiger partial charge < -0.3 is 0 Å². The van der Waals surface area contributed by atoms with Gasteiger partial charge in [-0.3, -0.25) is 4.68 Å². The second kappa shape index (κ2) is 7.33. The Morgan fingerprint density at radius 1 is 1.25 bits per heavy atom. The Morgan fingerprint density at radius 3 is 2.42 bits per heavy atom. The number of nitrogens with zero attached hydrogens (tertiary/aromatic N) is 3. The lowest BCUT2D eigenvalue weighted by atomic mass is 10.2. The minimum atomic E-state index is -3.57. The molecule has 0 N–H and O–H groups in total. The molecule has 132 valence electrons. The first-order valence-corrected chi connectivity index (χ1v) is 9.93. The Bertz CT molecular complexity index is 845. The molecule has 0 aliphatic carbocycles. The number of halogens is 2. The van der Waals surface area contributed by atoms with Gasteiger partial charge >= 0.3 is 0 Å². The first-order chi connectivity index (χ1) is 11.2. The molecule has 0 amide bonds. The van der Waals surface area contributed by atoms with Crippen molar-refractivity contribution in [1.29, 1.82) is 0 Å². The number of hydrogen-bond acceptors (Lipinski definition) is 3. The lowest BCUT2D eigenvalue weighted by Crippen LogP contribution is -2.31. The molecule has 2 aromatic rings. The zero-order chi connectivity index (χ0) is 18.1. The average molecular weight is 418 g/mol. The van der Waals surface area contributed by atoms with Gasteiger partial charge in [-0.05, 0) is 31.5 Å². The molecular formula is C16H21BrFN3O2S. The molecule has 0 fully saturated rings. The molecule has 0 atom stereocenters. The fourth-order valence-corrected chi connectivity index (χ4v) is 5.02. The Hall–Kier alpha value is -1.25. The van der Waals surface area contributed by atoms with E-state index in [9.17, 15) is 12.8 Å². The molecule has 0 saturated carbocycles. The third-order valence-electron chi connectivity index (χ3n) is 3.95. The van der Waals surface area contributed by atoms with Gasteiger partial charge in [0.1, 0.15) is 10.7 Å². The fourth-order valence-electron chi connectivity index (χ4n) is 2.71. The van der Waals surface area contributed by atoms with E-state index in [-0.39, 0.29) is 10.7 Å². The summed E-state index contributed by atoms with van der Waals surface area (Å²) in [6, 6.07) is 4.42. The molecule has 0 bridgehead atoms. The van der Waals surface area contributed by atoms with Crippen LogP contribution in [0.15, 0.2) is 27.6 Å². The molecule has 0 aliphatic rings. The fraction of sp³-hybridized carbons (Fsp3) is 0.438. The third kappa shape index (κ3) is 3.55. The van der Waals surface area contributed by atoms with Gasteiger partial charge in [0.25, 0.3) is 0 Å². The molecule has 5 nitrogen and oxygen atoms in total. The molecule has 8 heteroatoms. The van der Waals surface area contributed by atoms with Crippen molar-refractivity contribution in [3.8, 4) is 0 Å². The van der Waals surface area contributed by atoms with Gasteiger partial charge in [0, 0.05) is 17.6 Å². The summed E-state index contributed by atoms with van der Waals surface area (Å²) in [5, 5.41) is 4.38. The van der Waals surface area contributed by atoms with Crippen LogP contribution < -0.4 is 0 Å². The Balaban J connectivity index is 2.46. The van der Waals surface area contributed by atoms with Gasteiger partial charge in [0.15, 0.2) is 0 Å². The van der Waals surface area contributed by atoms with E-state index in [1.807, 2.05) is 13.8 Å². The molecule has 0 aliphatic heterocycles. The lowest BCUT2D eigenvalue weighted by Gasteiger charge is -2.18. The molecular weight excluding hydrogens is 397 g/mol. The van der Waals surface area contributed by atoms with E-state index in [2.05, 4.69) is 21.0 Å². The molecule has 0 saturated heterocycles. The van der Waals surface area contributed by atoms with Crippen LogP contribution in [0, 0.1) is 19.7 Å². The highest BCUT2D eigenvalue weighted by Gasteiger charge is 2.29. The summed E-state index contributed by atoms with van der Waals surface area (Å²) in [6.45, 7) is 8.24. The summed E-state index contributed by atoms with van der Waals surface area (Å²) in [5.41, 5.74) is 1.88. The van der Waals surface area contributed by atoms with Crippen LogP contribution in [0.2, 0.25) is 0 Å². The van der Waals surface area contributed by atoms with Crippen LogP contribution in [0.5, 0.6) is 0 Å². The van der Waals surface area contributed by atoms with E-state index in [1.165, 1.54) is 16.4 Å². The predicted octanol–water partition coefficient (Wildman–Crippen LogP) is 3.48. The summed E-state index contributed by atoms with van der Waals surface area (Å²) in [7, 11) is -3.57. The van der Waals surface area contributed by atoms with Crippen LogP contribution in [0.25, 0.3) is 0 Å². The van der Waals surface area contributed by atoms with Gasteiger partial charge in [0.05, 0.1) is 17.9 Å². The van der Waals surface area contributed by atoms with Gasteiger partial charge in [-0.15, -0.1) is 0 Å².